The molecule has 0 atom stereocenters. The van der Waals surface area contributed by atoms with Gasteiger partial charge in [0.2, 0.25) is 0 Å². The number of nitrogens with zero attached hydrogens (tertiary/aromatic N) is 1. The molecule has 1 aromatic rings. The Morgan fingerprint density at radius 3 is 2.44 bits per heavy atom. The van der Waals surface area contributed by atoms with Gasteiger partial charge >= 0.3 is 12.1 Å². The van der Waals surface area contributed by atoms with Crippen LogP contribution in [-0.4, -0.2) is 22.7 Å². The lowest BCUT2D eigenvalue weighted by atomic mass is 10.1. The van der Waals surface area contributed by atoms with Crippen LogP contribution in [0.5, 0.6) is 0 Å². The fourth-order valence-corrected chi connectivity index (χ4v) is 1.65. The smallest absolute Gasteiger partial charge is 0.311 e. The highest BCUT2D eigenvalue weighted by molar-refractivity contribution is 5.22. The van der Waals surface area contributed by atoms with E-state index < -0.39 is 23.5 Å². The maximum atomic E-state index is 13.0. The van der Waals surface area contributed by atoms with E-state index in [4.69, 9.17) is 0 Å². The van der Waals surface area contributed by atoms with Crippen LogP contribution in [0.15, 0.2) is 4.79 Å². The molecule has 18 heavy (non-hydrogen) atoms. The van der Waals surface area contributed by atoms with Gasteiger partial charge in [-0.1, -0.05) is 0 Å². The minimum Gasteiger partial charge on any atom is -0.311 e. The van der Waals surface area contributed by atoms with Crippen molar-refractivity contribution in [3.8, 4) is 0 Å². The average Bonchev–Trinajstić information content (AvgIpc) is 2.27. The zero-order valence-corrected chi connectivity index (χ0v) is 8.87. The molecule has 0 aromatic carbocycles. The number of aromatic amines is 1. The lowest BCUT2D eigenvalue weighted by Gasteiger charge is -2.21. The quantitative estimate of drug-likeness (QED) is 0.750. The monoisotopic (exact) mass is 269 g/mol. The molecule has 4 nitrogen and oxygen atoms in total. The van der Waals surface area contributed by atoms with Crippen LogP contribution in [-0.2, 0) is 18.9 Å². The largest absolute Gasteiger partial charge is 0.461 e. The number of halogens is 5. The maximum absolute atomic E-state index is 13.0. The summed E-state index contributed by atoms with van der Waals surface area (Å²) in [7, 11) is 0. The van der Waals surface area contributed by atoms with Crippen LogP contribution < -0.4 is 10.9 Å². The van der Waals surface area contributed by atoms with Crippen molar-refractivity contribution in [3.05, 3.63) is 27.4 Å². The van der Waals surface area contributed by atoms with Crippen LogP contribution in [0.2, 0.25) is 0 Å². The zero-order valence-electron chi connectivity index (χ0n) is 8.87. The summed E-state index contributed by atoms with van der Waals surface area (Å²) in [4.78, 5) is 16.2. The Kier molecular flexibility index (Phi) is 2.88. The van der Waals surface area contributed by atoms with Gasteiger partial charge in [0.25, 0.3) is 5.56 Å². The number of hydrogen-bond donors (Lipinski definition) is 2. The van der Waals surface area contributed by atoms with Crippen molar-refractivity contribution in [1.82, 2.24) is 15.3 Å². The molecular weight excluding hydrogens is 261 g/mol. The van der Waals surface area contributed by atoms with Gasteiger partial charge in [-0.15, -0.1) is 0 Å². The molecule has 0 amide bonds. The predicted octanol–water partition coefficient (Wildman–Crippen LogP) is 1.07. The van der Waals surface area contributed by atoms with Crippen molar-refractivity contribution in [3.63, 3.8) is 0 Å². The van der Waals surface area contributed by atoms with E-state index in [0.29, 0.717) is 6.54 Å². The first-order chi connectivity index (χ1) is 8.23. The van der Waals surface area contributed by atoms with E-state index >= 15 is 0 Å². The number of rotatable bonds is 1. The van der Waals surface area contributed by atoms with Crippen molar-refractivity contribution in [1.29, 1.82) is 0 Å². The summed E-state index contributed by atoms with van der Waals surface area (Å²) in [5.74, 6) is -6.83. The summed E-state index contributed by atoms with van der Waals surface area (Å²) < 4.78 is 62.5. The van der Waals surface area contributed by atoms with Gasteiger partial charge in [0.15, 0.2) is 5.82 Å². The summed E-state index contributed by atoms with van der Waals surface area (Å²) in [6.07, 6.45) is -5.55. The highest BCUT2D eigenvalue weighted by Gasteiger charge is 2.61. The Balaban J connectivity index is 2.54. The Morgan fingerprint density at radius 2 is 1.83 bits per heavy atom. The fourth-order valence-electron chi connectivity index (χ4n) is 1.65. The van der Waals surface area contributed by atoms with E-state index in [1.807, 2.05) is 0 Å². The molecule has 0 spiro atoms. The van der Waals surface area contributed by atoms with Crippen molar-refractivity contribution < 1.29 is 22.0 Å². The normalized spacial score (nSPS) is 16.5. The minimum absolute atomic E-state index is 0.000189. The summed E-state index contributed by atoms with van der Waals surface area (Å²) in [5.41, 5.74) is -0.861. The van der Waals surface area contributed by atoms with Gasteiger partial charge in [-0.25, -0.2) is 4.98 Å². The third kappa shape index (κ3) is 1.98. The van der Waals surface area contributed by atoms with Gasteiger partial charge in [0.1, 0.15) is 0 Å². The Labute approximate surface area is 97.2 Å². The van der Waals surface area contributed by atoms with Crippen LogP contribution in [0.1, 0.15) is 17.1 Å². The van der Waals surface area contributed by atoms with Crippen LogP contribution in [0.3, 0.4) is 0 Å². The number of alkyl halides is 5. The summed E-state index contributed by atoms with van der Waals surface area (Å²) in [6.45, 7) is 0.451. The highest BCUT2D eigenvalue weighted by Crippen LogP contribution is 2.42. The molecule has 1 aliphatic heterocycles. The minimum atomic E-state index is -5.79. The Bertz CT molecular complexity index is 522. The molecule has 0 fully saturated rings. The molecule has 0 bridgehead atoms. The summed E-state index contributed by atoms with van der Waals surface area (Å²) in [6, 6.07) is 0. The van der Waals surface area contributed by atoms with Crippen LogP contribution in [0.25, 0.3) is 0 Å². The summed E-state index contributed by atoms with van der Waals surface area (Å²) in [5, 5.41) is 2.74. The molecule has 0 aliphatic carbocycles. The molecule has 100 valence electrons. The topological polar surface area (TPSA) is 57.8 Å². The third-order valence-electron chi connectivity index (χ3n) is 2.60. The second-order valence-electron chi connectivity index (χ2n) is 3.84. The van der Waals surface area contributed by atoms with E-state index in [9.17, 15) is 26.7 Å². The number of fused-ring (bicyclic) bond motifs is 1. The number of aromatic nitrogens is 2. The molecule has 0 unspecified atom stereocenters. The van der Waals surface area contributed by atoms with Gasteiger partial charge in [-0.2, -0.15) is 22.0 Å². The van der Waals surface area contributed by atoms with Gasteiger partial charge in [-0.05, 0) is 13.0 Å². The van der Waals surface area contributed by atoms with Crippen LogP contribution in [0.4, 0.5) is 22.0 Å². The first-order valence-electron chi connectivity index (χ1n) is 5.01. The molecule has 0 radical (unpaired) electrons. The lowest BCUT2D eigenvalue weighted by molar-refractivity contribution is -0.292. The maximum Gasteiger partial charge on any atom is 0.461 e. The average molecular weight is 269 g/mol. The van der Waals surface area contributed by atoms with Crippen molar-refractivity contribution in [2.24, 2.45) is 0 Å². The van der Waals surface area contributed by atoms with E-state index in [1.54, 1.807) is 0 Å². The SMILES string of the molecule is O=c1[nH]c(C(F)(F)C(F)(F)F)nc2c1CCNC2. The molecule has 0 saturated carbocycles. The molecule has 9 heteroatoms. The molecule has 1 aromatic heterocycles. The second kappa shape index (κ2) is 4.01. The Morgan fingerprint density at radius 1 is 1.17 bits per heavy atom. The van der Waals surface area contributed by atoms with Crippen molar-refractivity contribution in [2.45, 2.75) is 25.1 Å². The van der Waals surface area contributed by atoms with Crippen LogP contribution >= 0.6 is 0 Å². The fraction of sp³-hybridized carbons (Fsp3) is 0.556. The van der Waals surface area contributed by atoms with Crippen molar-refractivity contribution in [2.75, 3.05) is 6.54 Å². The highest BCUT2D eigenvalue weighted by atomic mass is 19.4. The standard InChI is InChI=1S/C9H8F5N3O/c10-8(11,9(12,13)14)7-16-5-3-15-2-1-4(5)6(18)17-7/h15H,1-3H2,(H,16,17,18). The second-order valence-corrected chi connectivity index (χ2v) is 3.84. The van der Waals surface area contributed by atoms with Crippen molar-refractivity contribution >= 4 is 0 Å². The van der Waals surface area contributed by atoms with Gasteiger partial charge in [-0.3, -0.25) is 4.79 Å². The number of H-pyrrole nitrogens is 1. The van der Waals surface area contributed by atoms with E-state index in [0.717, 1.165) is 0 Å². The van der Waals surface area contributed by atoms with E-state index in [-0.39, 0.29) is 24.2 Å². The Hall–Kier alpha value is -1.51. The van der Waals surface area contributed by atoms with E-state index in [1.165, 1.54) is 4.98 Å². The zero-order chi connectivity index (χ0) is 13.6. The predicted molar refractivity (Wildman–Crippen MR) is 50.2 cm³/mol. The van der Waals surface area contributed by atoms with Gasteiger partial charge in [0.05, 0.1) is 5.69 Å². The molecule has 1 aliphatic rings. The van der Waals surface area contributed by atoms with Gasteiger partial charge < -0.3 is 10.3 Å². The van der Waals surface area contributed by atoms with E-state index in [2.05, 4.69) is 10.3 Å². The first kappa shape index (κ1) is 12.9. The number of hydrogen-bond acceptors (Lipinski definition) is 3. The molecule has 0 saturated heterocycles. The molecule has 2 heterocycles. The summed E-state index contributed by atoms with van der Waals surface area (Å²) >= 11 is 0. The molecule has 2 N–H and O–H groups in total. The molecular formula is C9H8F5N3O. The van der Waals surface area contributed by atoms with Gasteiger partial charge in [0, 0.05) is 12.1 Å². The lowest BCUT2D eigenvalue weighted by Crippen LogP contribution is -2.40. The first-order valence-corrected chi connectivity index (χ1v) is 5.01. The van der Waals surface area contributed by atoms with Crippen LogP contribution in [0, 0.1) is 0 Å². The third-order valence-corrected chi connectivity index (χ3v) is 2.60. The number of nitrogens with one attached hydrogen (secondary N) is 2. The molecule has 2 rings (SSSR count).